The van der Waals surface area contributed by atoms with Gasteiger partial charge < -0.3 is 4.74 Å². The molecule has 0 amide bonds. The molecule has 0 bridgehead atoms. The lowest BCUT2D eigenvalue weighted by Crippen LogP contribution is -1.97. The van der Waals surface area contributed by atoms with Crippen LogP contribution in [0.25, 0.3) is 0 Å². The second kappa shape index (κ2) is 6.73. The molecule has 0 fully saturated rings. The molecule has 0 radical (unpaired) electrons. The fourth-order valence-corrected chi connectivity index (χ4v) is 1.74. The van der Waals surface area contributed by atoms with E-state index in [4.69, 9.17) is 16.3 Å². The first-order valence-corrected chi connectivity index (χ1v) is 6.15. The van der Waals surface area contributed by atoms with Crippen LogP contribution in [-0.4, -0.2) is 12.5 Å². The van der Waals surface area contributed by atoms with Crippen LogP contribution in [-0.2, 0) is 12.8 Å². The lowest BCUT2D eigenvalue weighted by molar-refractivity contribution is 0.336. The topological polar surface area (TPSA) is 9.23 Å². The number of ether oxygens (including phenoxy) is 1. The van der Waals surface area contributed by atoms with Crippen molar-refractivity contribution in [2.75, 3.05) is 12.5 Å². The number of alkyl halides is 1. The molecule has 0 unspecified atom stereocenters. The highest BCUT2D eigenvalue weighted by molar-refractivity contribution is 6.17. The third kappa shape index (κ3) is 3.75. The maximum absolute atomic E-state index is 5.68. The fraction of sp³-hybridized carbons (Fsp3) is 0.538. The number of rotatable bonds is 6. The van der Waals surface area contributed by atoms with Crippen molar-refractivity contribution in [1.29, 1.82) is 0 Å². The van der Waals surface area contributed by atoms with E-state index < -0.39 is 0 Å². The van der Waals surface area contributed by atoms with Crippen molar-refractivity contribution >= 4 is 11.6 Å². The third-order valence-corrected chi connectivity index (χ3v) is 2.68. The van der Waals surface area contributed by atoms with Crippen LogP contribution in [0.4, 0.5) is 0 Å². The van der Waals surface area contributed by atoms with Gasteiger partial charge in [-0.3, -0.25) is 0 Å². The second-order valence-electron chi connectivity index (χ2n) is 3.52. The predicted octanol–water partition coefficient (Wildman–Crippen LogP) is 3.82. The van der Waals surface area contributed by atoms with Crippen LogP contribution < -0.4 is 4.74 Å². The molecule has 1 rings (SSSR count). The van der Waals surface area contributed by atoms with Crippen molar-refractivity contribution < 1.29 is 4.74 Å². The van der Waals surface area contributed by atoms with Crippen LogP contribution >= 0.6 is 11.6 Å². The van der Waals surface area contributed by atoms with Crippen LogP contribution in [0.15, 0.2) is 18.2 Å². The molecule has 0 aliphatic carbocycles. The van der Waals surface area contributed by atoms with Crippen molar-refractivity contribution in [1.82, 2.24) is 0 Å². The number of hydrogen-bond donors (Lipinski definition) is 0. The number of benzene rings is 1. The summed E-state index contributed by atoms with van der Waals surface area (Å²) in [5, 5.41) is 0. The molecule has 0 aromatic heterocycles. The second-order valence-corrected chi connectivity index (χ2v) is 3.90. The molecule has 0 saturated heterocycles. The van der Waals surface area contributed by atoms with Crippen molar-refractivity contribution in [3.63, 3.8) is 0 Å². The standard InChI is InChI=1S/C13H19ClO/c1-3-12-8-7-11(6-5-9-14)10-13(12)15-4-2/h7-8,10H,3-6,9H2,1-2H3. The van der Waals surface area contributed by atoms with Gasteiger partial charge in [0.25, 0.3) is 0 Å². The van der Waals surface area contributed by atoms with Crippen molar-refractivity contribution in [3.8, 4) is 5.75 Å². The fourth-order valence-electron chi connectivity index (χ4n) is 1.61. The molecule has 2 heteroatoms. The Balaban J connectivity index is 2.79. The Bertz CT molecular complexity index is 297. The van der Waals surface area contributed by atoms with Gasteiger partial charge in [-0.05, 0) is 43.4 Å². The summed E-state index contributed by atoms with van der Waals surface area (Å²) in [6.07, 6.45) is 3.08. The Morgan fingerprint density at radius 1 is 1.27 bits per heavy atom. The van der Waals surface area contributed by atoms with E-state index in [-0.39, 0.29) is 0 Å². The first-order chi connectivity index (χ1) is 7.31. The van der Waals surface area contributed by atoms with Crippen LogP contribution in [0.2, 0.25) is 0 Å². The zero-order valence-electron chi connectivity index (χ0n) is 9.55. The summed E-state index contributed by atoms with van der Waals surface area (Å²) >= 11 is 5.68. The molecule has 0 N–H and O–H groups in total. The highest BCUT2D eigenvalue weighted by Gasteiger charge is 2.03. The minimum absolute atomic E-state index is 0.722. The van der Waals surface area contributed by atoms with Crippen LogP contribution in [0.3, 0.4) is 0 Å². The summed E-state index contributed by atoms with van der Waals surface area (Å²) in [5.41, 5.74) is 2.60. The molecule has 0 heterocycles. The summed E-state index contributed by atoms with van der Waals surface area (Å²) in [7, 11) is 0. The minimum atomic E-state index is 0.722. The zero-order chi connectivity index (χ0) is 11.1. The van der Waals surface area contributed by atoms with Gasteiger partial charge in [0, 0.05) is 5.88 Å². The maximum atomic E-state index is 5.68. The summed E-state index contributed by atoms with van der Waals surface area (Å²) in [6, 6.07) is 6.48. The molecular weight excluding hydrogens is 208 g/mol. The van der Waals surface area contributed by atoms with Gasteiger partial charge in [0.1, 0.15) is 5.75 Å². The van der Waals surface area contributed by atoms with Gasteiger partial charge in [-0.1, -0.05) is 19.1 Å². The molecule has 84 valence electrons. The normalized spacial score (nSPS) is 10.3. The van der Waals surface area contributed by atoms with Crippen LogP contribution in [0.5, 0.6) is 5.75 Å². The predicted molar refractivity (Wildman–Crippen MR) is 66.0 cm³/mol. The maximum Gasteiger partial charge on any atom is 0.122 e. The van der Waals surface area contributed by atoms with Crippen LogP contribution in [0.1, 0.15) is 31.4 Å². The van der Waals surface area contributed by atoms with Gasteiger partial charge in [0.05, 0.1) is 6.61 Å². The Morgan fingerprint density at radius 3 is 2.67 bits per heavy atom. The Labute approximate surface area is 97.4 Å². The summed E-state index contributed by atoms with van der Waals surface area (Å²) < 4.78 is 5.62. The zero-order valence-corrected chi connectivity index (χ0v) is 10.3. The molecule has 1 aromatic carbocycles. The largest absolute Gasteiger partial charge is 0.494 e. The van der Waals surface area contributed by atoms with E-state index >= 15 is 0 Å². The SMILES string of the molecule is CCOc1cc(CCCCl)ccc1CC. The molecule has 0 spiro atoms. The van der Waals surface area contributed by atoms with Crippen molar-refractivity contribution in [2.45, 2.75) is 33.1 Å². The van der Waals surface area contributed by atoms with Gasteiger partial charge >= 0.3 is 0 Å². The van der Waals surface area contributed by atoms with E-state index in [1.54, 1.807) is 0 Å². The van der Waals surface area contributed by atoms with Crippen molar-refractivity contribution in [2.24, 2.45) is 0 Å². The Morgan fingerprint density at radius 2 is 2.07 bits per heavy atom. The van der Waals surface area contributed by atoms with Gasteiger partial charge in [-0.2, -0.15) is 0 Å². The first-order valence-electron chi connectivity index (χ1n) is 5.62. The highest BCUT2D eigenvalue weighted by atomic mass is 35.5. The quantitative estimate of drug-likeness (QED) is 0.671. The molecule has 0 aliphatic heterocycles. The van der Waals surface area contributed by atoms with Crippen molar-refractivity contribution in [3.05, 3.63) is 29.3 Å². The van der Waals surface area contributed by atoms with E-state index in [1.807, 2.05) is 6.92 Å². The minimum Gasteiger partial charge on any atom is -0.494 e. The van der Waals surface area contributed by atoms with E-state index in [2.05, 4.69) is 25.1 Å². The Hall–Kier alpha value is -0.690. The van der Waals surface area contributed by atoms with E-state index in [1.165, 1.54) is 11.1 Å². The van der Waals surface area contributed by atoms with E-state index in [0.29, 0.717) is 0 Å². The smallest absolute Gasteiger partial charge is 0.122 e. The number of aryl methyl sites for hydroxylation is 2. The monoisotopic (exact) mass is 226 g/mol. The lowest BCUT2D eigenvalue weighted by atomic mass is 10.1. The first kappa shape index (κ1) is 12.4. The number of hydrogen-bond acceptors (Lipinski definition) is 1. The Kier molecular flexibility index (Phi) is 5.56. The molecular formula is C13H19ClO. The molecule has 1 aromatic rings. The number of halogens is 1. The van der Waals surface area contributed by atoms with Gasteiger partial charge in [-0.25, -0.2) is 0 Å². The molecule has 15 heavy (non-hydrogen) atoms. The van der Waals surface area contributed by atoms with Gasteiger partial charge in [-0.15, -0.1) is 11.6 Å². The van der Waals surface area contributed by atoms with Gasteiger partial charge in [0.15, 0.2) is 0 Å². The molecule has 0 aliphatic rings. The third-order valence-electron chi connectivity index (χ3n) is 2.41. The summed E-state index contributed by atoms with van der Waals surface area (Å²) in [4.78, 5) is 0. The average molecular weight is 227 g/mol. The summed E-state index contributed by atoms with van der Waals surface area (Å²) in [5.74, 6) is 1.76. The van der Waals surface area contributed by atoms with Crippen LogP contribution in [0, 0.1) is 0 Å². The summed E-state index contributed by atoms with van der Waals surface area (Å²) in [6.45, 7) is 4.90. The molecule has 0 saturated carbocycles. The molecule has 0 atom stereocenters. The van der Waals surface area contributed by atoms with E-state index in [9.17, 15) is 0 Å². The average Bonchev–Trinajstić information content (AvgIpc) is 2.27. The van der Waals surface area contributed by atoms with Gasteiger partial charge in [0.2, 0.25) is 0 Å². The highest BCUT2D eigenvalue weighted by Crippen LogP contribution is 2.22. The molecule has 1 nitrogen and oxygen atoms in total. The van der Waals surface area contributed by atoms with E-state index in [0.717, 1.165) is 37.5 Å². The lowest BCUT2D eigenvalue weighted by Gasteiger charge is -2.10.